The number of carbonyl (C=O) groups is 3. The van der Waals surface area contributed by atoms with E-state index in [1.54, 1.807) is 17.0 Å². The summed E-state index contributed by atoms with van der Waals surface area (Å²) < 4.78 is 18.9. The zero-order valence-electron chi connectivity index (χ0n) is 22.1. The number of carbonyl (C=O) groups excluding carboxylic acids is 3. The first-order valence-corrected chi connectivity index (χ1v) is 13.8. The maximum atomic E-state index is 13.3. The molecule has 2 N–H and O–H groups in total. The van der Waals surface area contributed by atoms with Crippen LogP contribution in [0.25, 0.3) is 0 Å². The Hall–Kier alpha value is -3.42. The van der Waals surface area contributed by atoms with Gasteiger partial charge in [0.1, 0.15) is 11.6 Å². The molecule has 2 unspecified atom stereocenters. The normalized spacial score (nSPS) is 21.4. The number of benzene rings is 2. The van der Waals surface area contributed by atoms with Crippen LogP contribution in [0.15, 0.2) is 48.5 Å². The molecule has 4 rings (SSSR count). The maximum Gasteiger partial charge on any atom is 0.253 e. The van der Waals surface area contributed by atoms with E-state index in [2.05, 4.69) is 17.6 Å². The summed E-state index contributed by atoms with van der Waals surface area (Å²) in [5.41, 5.74) is 0.980. The van der Waals surface area contributed by atoms with Crippen LogP contribution in [-0.4, -0.2) is 54.4 Å². The molecule has 0 bridgehead atoms. The van der Waals surface area contributed by atoms with Gasteiger partial charge in [0.05, 0.1) is 12.5 Å². The molecular weight excluding hydrogens is 485 g/mol. The van der Waals surface area contributed by atoms with Crippen LogP contribution in [0.5, 0.6) is 5.75 Å². The molecule has 1 heterocycles. The van der Waals surface area contributed by atoms with E-state index < -0.39 is 5.82 Å². The van der Waals surface area contributed by atoms with E-state index in [0.29, 0.717) is 30.8 Å². The van der Waals surface area contributed by atoms with Gasteiger partial charge in [-0.05, 0) is 80.6 Å². The van der Waals surface area contributed by atoms with Crippen LogP contribution in [0.3, 0.4) is 0 Å². The number of likely N-dealkylation sites (tertiary alicyclic amines) is 1. The Balaban J connectivity index is 1.32. The van der Waals surface area contributed by atoms with E-state index in [4.69, 9.17) is 4.74 Å². The molecule has 0 spiro atoms. The van der Waals surface area contributed by atoms with Crippen LogP contribution in [-0.2, 0) is 4.79 Å². The van der Waals surface area contributed by atoms with Crippen molar-refractivity contribution in [3.05, 3.63) is 65.5 Å². The Labute approximate surface area is 224 Å². The molecule has 3 atom stereocenters. The highest BCUT2D eigenvalue weighted by atomic mass is 19.1. The number of unbranched alkanes of at least 4 members (excludes halogenated alkanes) is 1. The van der Waals surface area contributed by atoms with Crippen LogP contribution in [0.4, 0.5) is 4.39 Å². The molecule has 1 saturated heterocycles. The number of rotatable bonds is 9. The van der Waals surface area contributed by atoms with Crippen LogP contribution in [0.2, 0.25) is 0 Å². The lowest BCUT2D eigenvalue weighted by Crippen LogP contribution is -2.55. The van der Waals surface area contributed by atoms with E-state index in [0.717, 1.165) is 57.1 Å². The second kappa shape index (κ2) is 13.4. The predicted molar refractivity (Wildman–Crippen MR) is 144 cm³/mol. The molecule has 3 amide bonds. The molecule has 2 aliphatic rings. The van der Waals surface area contributed by atoms with Crippen molar-refractivity contribution < 1.29 is 23.5 Å². The smallest absolute Gasteiger partial charge is 0.253 e. The minimum atomic E-state index is -0.391. The average molecular weight is 524 g/mol. The number of hydrogen-bond acceptors (Lipinski definition) is 4. The summed E-state index contributed by atoms with van der Waals surface area (Å²) in [6, 6.07) is 12.3. The summed E-state index contributed by atoms with van der Waals surface area (Å²) in [5.74, 6) is -0.357. The first-order valence-electron chi connectivity index (χ1n) is 13.8. The lowest BCUT2D eigenvalue weighted by Gasteiger charge is -2.36. The summed E-state index contributed by atoms with van der Waals surface area (Å²) in [5, 5.41) is 6.20. The molecule has 2 aromatic carbocycles. The van der Waals surface area contributed by atoms with E-state index in [1.807, 2.05) is 12.1 Å². The van der Waals surface area contributed by atoms with Gasteiger partial charge in [-0.15, -0.1) is 0 Å². The topological polar surface area (TPSA) is 87.7 Å². The fraction of sp³-hybridized carbons (Fsp3) is 0.500. The van der Waals surface area contributed by atoms with Crippen molar-refractivity contribution in [2.75, 3.05) is 19.7 Å². The van der Waals surface area contributed by atoms with E-state index in [-0.39, 0.29) is 35.7 Å². The van der Waals surface area contributed by atoms with Gasteiger partial charge in [-0.1, -0.05) is 26.2 Å². The van der Waals surface area contributed by atoms with Gasteiger partial charge in [0.25, 0.3) is 11.8 Å². The highest BCUT2D eigenvalue weighted by Crippen LogP contribution is 2.23. The molecule has 1 aliphatic heterocycles. The number of nitrogens with zero attached hydrogens (tertiary/aromatic N) is 1. The fourth-order valence-electron chi connectivity index (χ4n) is 5.22. The van der Waals surface area contributed by atoms with Crippen LogP contribution in [0.1, 0.15) is 79.0 Å². The van der Waals surface area contributed by atoms with Gasteiger partial charge < -0.3 is 20.3 Å². The molecule has 8 heteroatoms. The quantitative estimate of drug-likeness (QED) is 0.466. The van der Waals surface area contributed by atoms with Gasteiger partial charge in [0.15, 0.2) is 0 Å². The summed E-state index contributed by atoms with van der Waals surface area (Å²) in [6.07, 6.45) is 7.02. The summed E-state index contributed by atoms with van der Waals surface area (Å²) >= 11 is 0. The zero-order valence-corrected chi connectivity index (χ0v) is 22.1. The first kappa shape index (κ1) is 27.6. The highest BCUT2D eigenvalue weighted by molar-refractivity contribution is 5.95. The standard InChI is InChI=1S/C30H38FN3O4/c1-2-3-19-38-25-16-12-22(13-17-25)30(37)34-18-6-7-23(20-34)29(36)33-27-9-5-4-8-26(27)32-28(35)21-10-14-24(31)15-11-21/h10-17,23,26-27H,2-9,18-20H2,1H3,(H,32,35)(H,33,36)/t23?,26-,27?/m1/s1. The van der Waals surface area contributed by atoms with Crippen LogP contribution in [0, 0.1) is 11.7 Å². The SMILES string of the molecule is CCCCOc1ccc(C(=O)N2CCCC(C(=O)NC3CCCC[C@H]3NC(=O)c3ccc(F)cc3)C2)cc1. The molecule has 2 fully saturated rings. The molecule has 0 radical (unpaired) electrons. The highest BCUT2D eigenvalue weighted by Gasteiger charge is 2.33. The van der Waals surface area contributed by atoms with Gasteiger partial charge >= 0.3 is 0 Å². The van der Waals surface area contributed by atoms with E-state index >= 15 is 0 Å². The van der Waals surface area contributed by atoms with Crippen molar-refractivity contribution >= 4 is 17.7 Å². The molecule has 7 nitrogen and oxygen atoms in total. The lowest BCUT2D eigenvalue weighted by molar-refractivity contribution is -0.127. The zero-order chi connectivity index (χ0) is 26.9. The van der Waals surface area contributed by atoms with Gasteiger partial charge in [0, 0.05) is 36.3 Å². The number of hydrogen-bond donors (Lipinski definition) is 2. The van der Waals surface area contributed by atoms with Gasteiger partial charge in [-0.25, -0.2) is 4.39 Å². The van der Waals surface area contributed by atoms with Crippen molar-refractivity contribution in [1.29, 1.82) is 0 Å². The molecule has 0 aromatic heterocycles. The van der Waals surface area contributed by atoms with Crippen molar-refractivity contribution in [1.82, 2.24) is 15.5 Å². The summed E-state index contributed by atoms with van der Waals surface area (Å²) in [4.78, 5) is 40.9. The summed E-state index contributed by atoms with van der Waals surface area (Å²) in [7, 11) is 0. The molecule has 2 aromatic rings. The third-order valence-electron chi connectivity index (χ3n) is 7.46. The number of ether oxygens (including phenoxy) is 1. The Bertz CT molecular complexity index is 1090. The van der Waals surface area contributed by atoms with Crippen molar-refractivity contribution in [3.8, 4) is 5.75 Å². The van der Waals surface area contributed by atoms with Gasteiger partial charge in [-0.3, -0.25) is 14.4 Å². The minimum Gasteiger partial charge on any atom is -0.494 e. The number of nitrogens with one attached hydrogen (secondary N) is 2. The molecule has 1 aliphatic carbocycles. The monoisotopic (exact) mass is 523 g/mol. The van der Waals surface area contributed by atoms with Gasteiger partial charge in [-0.2, -0.15) is 0 Å². The second-order valence-electron chi connectivity index (χ2n) is 10.3. The Morgan fingerprint density at radius 3 is 2.24 bits per heavy atom. The number of piperidine rings is 1. The van der Waals surface area contributed by atoms with Crippen molar-refractivity contribution in [2.45, 2.75) is 70.4 Å². The number of halogens is 1. The van der Waals surface area contributed by atoms with Crippen molar-refractivity contribution in [3.63, 3.8) is 0 Å². The molecule has 204 valence electrons. The third-order valence-corrected chi connectivity index (χ3v) is 7.46. The number of amides is 3. The fourth-order valence-corrected chi connectivity index (χ4v) is 5.22. The lowest BCUT2D eigenvalue weighted by atomic mass is 9.88. The van der Waals surface area contributed by atoms with E-state index in [9.17, 15) is 18.8 Å². The average Bonchev–Trinajstić information content (AvgIpc) is 2.94. The van der Waals surface area contributed by atoms with Gasteiger partial charge in [0.2, 0.25) is 5.91 Å². The van der Waals surface area contributed by atoms with Crippen LogP contribution >= 0.6 is 0 Å². The first-order chi connectivity index (χ1) is 18.4. The van der Waals surface area contributed by atoms with Crippen molar-refractivity contribution in [2.24, 2.45) is 5.92 Å². The van der Waals surface area contributed by atoms with E-state index in [1.165, 1.54) is 24.3 Å². The summed E-state index contributed by atoms with van der Waals surface area (Å²) in [6.45, 7) is 3.76. The maximum absolute atomic E-state index is 13.3. The molecule has 1 saturated carbocycles. The largest absolute Gasteiger partial charge is 0.494 e. The molecule has 38 heavy (non-hydrogen) atoms. The van der Waals surface area contributed by atoms with Crippen LogP contribution < -0.4 is 15.4 Å². The third kappa shape index (κ3) is 7.33. The minimum absolute atomic E-state index is 0.0740. The Morgan fingerprint density at radius 1 is 0.895 bits per heavy atom. The Kier molecular flexibility index (Phi) is 9.73. The molecular formula is C30H38FN3O4. The Morgan fingerprint density at radius 2 is 1.55 bits per heavy atom. The second-order valence-corrected chi connectivity index (χ2v) is 10.3. The predicted octanol–water partition coefficient (Wildman–Crippen LogP) is 4.71.